The molecule has 0 saturated heterocycles. The monoisotopic (exact) mass is 364 g/mol. The van der Waals surface area contributed by atoms with Crippen molar-refractivity contribution in [3.8, 4) is 11.5 Å². The van der Waals surface area contributed by atoms with Crippen molar-refractivity contribution in [2.45, 2.75) is 19.8 Å². The molecule has 134 valence electrons. The first-order valence-corrected chi connectivity index (χ1v) is 7.54. The van der Waals surface area contributed by atoms with E-state index in [2.05, 4.69) is 0 Å². The minimum atomic E-state index is -2.64. The lowest BCUT2D eigenvalue weighted by molar-refractivity contribution is -0.119. The number of hydrogen-bond acceptors (Lipinski definition) is 4. The van der Waals surface area contributed by atoms with E-state index in [-0.39, 0.29) is 28.6 Å². The smallest absolute Gasteiger partial charge is 0.255 e. The zero-order chi connectivity index (χ0) is 18.3. The molecule has 0 aliphatic rings. The lowest BCUT2D eigenvalue weighted by Crippen LogP contribution is -2.35. The third-order valence-electron chi connectivity index (χ3n) is 2.97. The van der Waals surface area contributed by atoms with E-state index in [1.54, 1.807) is 6.92 Å². The number of rotatable bonds is 9. The Bertz CT molecular complexity index is 599. The second-order valence-electron chi connectivity index (χ2n) is 4.89. The summed E-state index contributed by atoms with van der Waals surface area (Å²) in [6, 6.07) is 2.59. The summed E-state index contributed by atoms with van der Waals surface area (Å²) < 4.78 is 35.5. The van der Waals surface area contributed by atoms with Crippen molar-refractivity contribution >= 4 is 23.4 Å². The van der Waals surface area contributed by atoms with Crippen LogP contribution in [-0.2, 0) is 4.79 Å². The van der Waals surface area contributed by atoms with E-state index in [4.69, 9.17) is 26.8 Å². The maximum Gasteiger partial charge on any atom is 0.255 e. The highest BCUT2D eigenvalue weighted by atomic mass is 35.5. The molecule has 0 saturated carbocycles. The molecule has 0 spiro atoms. The number of methoxy groups -OCH3 is 1. The zero-order valence-electron chi connectivity index (χ0n) is 13.4. The van der Waals surface area contributed by atoms with Crippen molar-refractivity contribution in [2.75, 3.05) is 26.8 Å². The van der Waals surface area contributed by atoms with Gasteiger partial charge in [-0.05, 0) is 18.6 Å². The summed E-state index contributed by atoms with van der Waals surface area (Å²) in [5, 5.41) is 0.00689. The number of alkyl halides is 2. The first-order chi connectivity index (χ1) is 11.3. The lowest BCUT2D eigenvalue weighted by atomic mass is 10.1. The van der Waals surface area contributed by atoms with Gasteiger partial charge in [-0.2, -0.15) is 0 Å². The maximum atomic E-state index is 12.6. The summed E-state index contributed by atoms with van der Waals surface area (Å²) in [6.45, 7) is 0.867. The van der Waals surface area contributed by atoms with Gasteiger partial charge in [0, 0.05) is 12.1 Å². The number of nitrogens with zero attached hydrogens (tertiary/aromatic N) is 1. The number of hydrogen-bond donors (Lipinski definition) is 1. The molecule has 1 aromatic carbocycles. The van der Waals surface area contributed by atoms with Gasteiger partial charge in [0.15, 0.2) is 18.1 Å². The van der Waals surface area contributed by atoms with Gasteiger partial charge in [-0.15, -0.1) is 0 Å². The third kappa shape index (κ3) is 5.52. The van der Waals surface area contributed by atoms with Crippen molar-refractivity contribution in [1.82, 2.24) is 4.90 Å². The highest BCUT2D eigenvalue weighted by Crippen LogP contribution is 2.36. The van der Waals surface area contributed by atoms with Crippen LogP contribution in [0.4, 0.5) is 8.78 Å². The van der Waals surface area contributed by atoms with E-state index < -0.39 is 31.4 Å². The normalized spacial score (nSPS) is 10.6. The van der Waals surface area contributed by atoms with E-state index in [9.17, 15) is 18.4 Å². The number of primary amides is 1. The maximum absolute atomic E-state index is 12.6. The molecule has 0 radical (unpaired) electrons. The van der Waals surface area contributed by atoms with Crippen molar-refractivity contribution < 1.29 is 27.8 Å². The van der Waals surface area contributed by atoms with Gasteiger partial charge in [-0.1, -0.05) is 18.5 Å². The summed E-state index contributed by atoms with van der Waals surface area (Å²) in [5.74, 6) is -1.16. The van der Waals surface area contributed by atoms with Crippen LogP contribution >= 0.6 is 11.6 Å². The topological polar surface area (TPSA) is 81.9 Å². The highest BCUT2D eigenvalue weighted by molar-refractivity contribution is 6.32. The molecule has 24 heavy (non-hydrogen) atoms. The predicted octanol–water partition coefficient (Wildman–Crippen LogP) is 2.33. The minimum Gasteiger partial charge on any atom is -0.493 e. The summed E-state index contributed by atoms with van der Waals surface area (Å²) in [5.41, 5.74) is 5.08. The summed E-state index contributed by atoms with van der Waals surface area (Å²) in [4.78, 5) is 24.3. The van der Waals surface area contributed by atoms with Gasteiger partial charge in [0.1, 0.15) is 0 Å². The van der Waals surface area contributed by atoms with Crippen LogP contribution in [-0.4, -0.2) is 49.9 Å². The average Bonchev–Trinajstić information content (AvgIpc) is 2.51. The molecule has 2 N–H and O–H groups in total. The van der Waals surface area contributed by atoms with Gasteiger partial charge < -0.3 is 20.1 Å². The molecule has 0 heterocycles. The fourth-order valence-corrected chi connectivity index (χ4v) is 2.29. The van der Waals surface area contributed by atoms with Crippen LogP contribution < -0.4 is 15.2 Å². The molecular weight excluding hydrogens is 346 g/mol. The first-order valence-electron chi connectivity index (χ1n) is 7.16. The number of amides is 2. The van der Waals surface area contributed by atoms with Crippen molar-refractivity contribution in [3.05, 3.63) is 22.7 Å². The SMILES string of the molecule is CCCN(CC(F)F)C(=O)c1cc(Cl)c(OCC(N)=O)c(OC)c1. The molecule has 2 amide bonds. The standard InChI is InChI=1S/C15H19ClF2N2O4/c1-3-4-20(7-12(17)18)15(22)9-5-10(16)14(11(6-9)23-2)24-8-13(19)21/h5-6,12H,3-4,7-8H2,1-2H3,(H2,19,21). The molecular formula is C15H19ClF2N2O4. The number of nitrogens with two attached hydrogens (primary N) is 1. The molecule has 1 rings (SSSR count). The molecule has 0 atom stereocenters. The van der Waals surface area contributed by atoms with Crippen LogP contribution in [0.2, 0.25) is 5.02 Å². The van der Waals surface area contributed by atoms with E-state index >= 15 is 0 Å². The molecule has 0 fully saturated rings. The number of halogens is 3. The van der Waals surface area contributed by atoms with Crippen LogP contribution in [0.5, 0.6) is 11.5 Å². The number of benzene rings is 1. The Labute approximate surface area is 143 Å². The van der Waals surface area contributed by atoms with E-state index in [1.807, 2.05) is 0 Å². The Morgan fingerprint density at radius 1 is 1.38 bits per heavy atom. The Balaban J connectivity index is 3.12. The van der Waals surface area contributed by atoms with Crippen molar-refractivity contribution in [1.29, 1.82) is 0 Å². The molecule has 0 aliphatic carbocycles. The Morgan fingerprint density at radius 2 is 2.04 bits per heavy atom. The fourth-order valence-electron chi connectivity index (χ4n) is 2.02. The average molecular weight is 365 g/mol. The van der Waals surface area contributed by atoms with Gasteiger partial charge >= 0.3 is 0 Å². The van der Waals surface area contributed by atoms with Gasteiger partial charge in [-0.25, -0.2) is 8.78 Å². The molecule has 0 aromatic heterocycles. The van der Waals surface area contributed by atoms with Gasteiger partial charge in [0.2, 0.25) is 0 Å². The molecule has 0 aliphatic heterocycles. The van der Waals surface area contributed by atoms with Crippen LogP contribution in [0.3, 0.4) is 0 Å². The molecule has 0 unspecified atom stereocenters. The summed E-state index contributed by atoms with van der Waals surface area (Å²) in [6.07, 6.45) is -2.11. The van der Waals surface area contributed by atoms with E-state index in [0.29, 0.717) is 6.42 Å². The van der Waals surface area contributed by atoms with Crippen LogP contribution in [0.15, 0.2) is 12.1 Å². The van der Waals surface area contributed by atoms with E-state index in [1.165, 1.54) is 19.2 Å². The Kier molecular flexibility index (Phi) is 7.70. The summed E-state index contributed by atoms with van der Waals surface area (Å²) in [7, 11) is 1.32. The Hall–Kier alpha value is -2.09. The van der Waals surface area contributed by atoms with Crippen LogP contribution in [0.25, 0.3) is 0 Å². The molecule has 6 nitrogen and oxygen atoms in total. The van der Waals surface area contributed by atoms with Gasteiger partial charge in [-0.3, -0.25) is 9.59 Å². The zero-order valence-corrected chi connectivity index (χ0v) is 14.1. The fraction of sp³-hybridized carbons (Fsp3) is 0.467. The number of ether oxygens (including phenoxy) is 2. The number of carbonyl (C=O) groups is 2. The Morgan fingerprint density at radius 3 is 2.54 bits per heavy atom. The molecule has 9 heteroatoms. The minimum absolute atomic E-state index is 0.00689. The molecule has 1 aromatic rings. The lowest BCUT2D eigenvalue weighted by Gasteiger charge is -2.22. The van der Waals surface area contributed by atoms with Crippen LogP contribution in [0.1, 0.15) is 23.7 Å². The van der Waals surface area contributed by atoms with Gasteiger partial charge in [0.25, 0.3) is 18.2 Å². The van der Waals surface area contributed by atoms with Gasteiger partial charge in [0.05, 0.1) is 18.7 Å². The molecule has 0 bridgehead atoms. The van der Waals surface area contributed by atoms with Crippen molar-refractivity contribution in [2.24, 2.45) is 5.73 Å². The van der Waals surface area contributed by atoms with E-state index in [0.717, 1.165) is 4.90 Å². The first kappa shape index (κ1) is 20.0. The third-order valence-corrected chi connectivity index (χ3v) is 3.26. The second kappa shape index (κ2) is 9.27. The predicted molar refractivity (Wildman–Crippen MR) is 84.9 cm³/mol. The quantitative estimate of drug-likeness (QED) is 0.729. The largest absolute Gasteiger partial charge is 0.493 e. The van der Waals surface area contributed by atoms with Crippen molar-refractivity contribution in [3.63, 3.8) is 0 Å². The number of carbonyl (C=O) groups excluding carboxylic acids is 2. The summed E-state index contributed by atoms with van der Waals surface area (Å²) >= 11 is 6.05. The second-order valence-corrected chi connectivity index (χ2v) is 5.29. The van der Waals surface area contributed by atoms with Crippen LogP contribution in [0, 0.1) is 0 Å². The highest BCUT2D eigenvalue weighted by Gasteiger charge is 2.22.